The van der Waals surface area contributed by atoms with Crippen molar-refractivity contribution >= 4 is 23.4 Å². The number of carbonyl (C=O) groups is 3. The lowest BCUT2D eigenvalue weighted by Gasteiger charge is -2.19. The van der Waals surface area contributed by atoms with Crippen molar-refractivity contribution in [3.63, 3.8) is 0 Å². The maximum Gasteiger partial charge on any atom is 0.251 e. The lowest BCUT2D eigenvalue weighted by Crippen LogP contribution is -2.38. The molecule has 1 heterocycles. The summed E-state index contributed by atoms with van der Waals surface area (Å²) in [7, 11) is 3.08. The average molecular weight is 411 g/mol. The molecule has 1 fully saturated rings. The molecule has 3 amide bonds. The van der Waals surface area contributed by atoms with E-state index in [9.17, 15) is 14.4 Å². The van der Waals surface area contributed by atoms with Gasteiger partial charge in [0.1, 0.15) is 11.5 Å². The summed E-state index contributed by atoms with van der Waals surface area (Å²) in [5.41, 5.74) is 1.14. The van der Waals surface area contributed by atoms with E-state index in [0.29, 0.717) is 29.3 Å². The van der Waals surface area contributed by atoms with Gasteiger partial charge in [-0.05, 0) is 30.3 Å². The van der Waals surface area contributed by atoms with Gasteiger partial charge < -0.3 is 25.0 Å². The molecule has 8 nitrogen and oxygen atoms in total. The first-order chi connectivity index (χ1) is 14.5. The van der Waals surface area contributed by atoms with Crippen molar-refractivity contribution in [1.82, 2.24) is 10.6 Å². The summed E-state index contributed by atoms with van der Waals surface area (Å²) in [5, 5.41) is 5.54. The van der Waals surface area contributed by atoms with Crippen LogP contribution in [0.1, 0.15) is 16.8 Å². The number of rotatable bonds is 8. The molecule has 0 radical (unpaired) electrons. The zero-order valence-electron chi connectivity index (χ0n) is 17.0. The van der Waals surface area contributed by atoms with E-state index in [0.717, 1.165) is 0 Å². The fourth-order valence-electron chi connectivity index (χ4n) is 3.34. The van der Waals surface area contributed by atoms with Crippen LogP contribution in [0.15, 0.2) is 48.5 Å². The number of nitrogens with one attached hydrogen (secondary N) is 2. The fourth-order valence-corrected chi connectivity index (χ4v) is 3.34. The molecule has 2 aromatic rings. The van der Waals surface area contributed by atoms with Crippen molar-refractivity contribution in [1.29, 1.82) is 0 Å². The van der Waals surface area contributed by atoms with Crippen LogP contribution in [0.2, 0.25) is 0 Å². The minimum Gasteiger partial charge on any atom is -0.497 e. The highest BCUT2D eigenvalue weighted by Gasteiger charge is 2.36. The van der Waals surface area contributed by atoms with E-state index in [4.69, 9.17) is 9.47 Å². The number of hydrogen-bond acceptors (Lipinski definition) is 5. The largest absolute Gasteiger partial charge is 0.497 e. The molecular formula is C22H25N3O5. The van der Waals surface area contributed by atoms with Crippen LogP contribution in [0.5, 0.6) is 11.5 Å². The van der Waals surface area contributed by atoms with Gasteiger partial charge in [0.25, 0.3) is 5.91 Å². The molecule has 1 unspecified atom stereocenters. The molecule has 8 heteroatoms. The third kappa shape index (κ3) is 4.89. The van der Waals surface area contributed by atoms with Gasteiger partial charge in [0.15, 0.2) is 0 Å². The number of methoxy groups -OCH3 is 2. The lowest BCUT2D eigenvalue weighted by atomic mass is 10.1. The van der Waals surface area contributed by atoms with E-state index in [2.05, 4.69) is 10.6 Å². The second kappa shape index (κ2) is 9.78. The molecule has 1 aliphatic heterocycles. The van der Waals surface area contributed by atoms with Crippen molar-refractivity contribution in [3.05, 3.63) is 54.1 Å². The topological polar surface area (TPSA) is 97.0 Å². The minimum atomic E-state index is -0.448. The molecule has 1 aliphatic rings. The van der Waals surface area contributed by atoms with Gasteiger partial charge in [-0.25, -0.2) is 0 Å². The molecule has 0 saturated carbocycles. The van der Waals surface area contributed by atoms with Crippen LogP contribution in [0.4, 0.5) is 5.69 Å². The van der Waals surface area contributed by atoms with Crippen molar-refractivity contribution < 1.29 is 23.9 Å². The molecule has 3 rings (SSSR count). The van der Waals surface area contributed by atoms with Crippen LogP contribution < -0.4 is 25.0 Å². The van der Waals surface area contributed by atoms with Gasteiger partial charge in [0.05, 0.1) is 25.8 Å². The van der Waals surface area contributed by atoms with E-state index in [1.807, 2.05) is 12.1 Å². The number of benzene rings is 2. The fraction of sp³-hybridized carbons (Fsp3) is 0.318. The maximum absolute atomic E-state index is 12.5. The molecule has 1 atom stereocenters. The SMILES string of the molecule is COc1cccc(C(=O)NCCNC(=O)C2CC(=O)N(c3ccccc3OC)C2)c1. The Morgan fingerprint density at radius 3 is 2.57 bits per heavy atom. The number of para-hydroxylation sites is 2. The summed E-state index contributed by atoms with van der Waals surface area (Å²) in [6, 6.07) is 14.1. The van der Waals surface area contributed by atoms with Gasteiger partial charge in [-0.1, -0.05) is 18.2 Å². The van der Waals surface area contributed by atoms with E-state index < -0.39 is 5.92 Å². The molecule has 0 spiro atoms. The van der Waals surface area contributed by atoms with E-state index in [-0.39, 0.29) is 37.2 Å². The molecule has 2 aromatic carbocycles. The van der Waals surface area contributed by atoms with Crippen molar-refractivity contribution in [2.24, 2.45) is 5.92 Å². The highest BCUT2D eigenvalue weighted by molar-refractivity contribution is 6.01. The van der Waals surface area contributed by atoms with E-state index >= 15 is 0 Å². The van der Waals surface area contributed by atoms with Crippen LogP contribution in [0.3, 0.4) is 0 Å². The normalized spacial score (nSPS) is 15.6. The second-order valence-corrected chi connectivity index (χ2v) is 6.86. The summed E-state index contributed by atoms with van der Waals surface area (Å²) >= 11 is 0. The van der Waals surface area contributed by atoms with Crippen molar-refractivity contribution in [2.45, 2.75) is 6.42 Å². The predicted octanol–water partition coefficient (Wildman–Crippen LogP) is 1.60. The molecule has 1 saturated heterocycles. The highest BCUT2D eigenvalue weighted by Crippen LogP contribution is 2.32. The predicted molar refractivity (Wildman–Crippen MR) is 112 cm³/mol. The van der Waals surface area contributed by atoms with Crippen molar-refractivity contribution in [2.75, 3.05) is 38.8 Å². The monoisotopic (exact) mass is 411 g/mol. The van der Waals surface area contributed by atoms with Crippen LogP contribution in [0, 0.1) is 5.92 Å². The Morgan fingerprint density at radius 2 is 1.80 bits per heavy atom. The number of ether oxygens (including phenoxy) is 2. The Balaban J connectivity index is 1.47. The molecule has 0 bridgehead atoms. The Bertz CT molecular complexity index is 930. The van der Waals surface area contributed by atoms with E-state index in [1.54, 1.807) is 48.4 Å². The first-order valence-electron chi connectivity index (χ1n) is 9.67. The molecule has 30 heavy (non-hydrogen) atoms. The quantitative estimate of drug-likeness (QED) is 0.643. The number of anilines is 1. The smallest absolute Gasteiger partial charge is 0.251 e. The number of nitrogens with zero attached hydrogens (tertiary/aromatic N) is 1. The molecule has 0 aliphatic carbocycles. The van der Waals surface area contributed by atoms with Gasteiger partial charge >= 0.3 is 0 Å². The highest BCUT2D eigenvalue weighted by atomic mass is 16.5. The van der Waals surface area contributed by atoms with Crippen LogP contribution in [-0.4, -0.2) is 51.6 Å². The lowest BCUT2D eigenvalue weighted by molar-refractivity contribution is -0.126. The Labute approximate surface area is 175 Å². The standard InChI is InChI=1S/C22H25N3O5/c1-29-17-7-5-6-15(12-17)21(27)23-10-11-24-22(28)16-13-20(26)25(14-16)18-8-3-4-9-19(18)30-2/h3-9,12,16H,10-11,13-14H2,1-2H3,(H,23,27)(H,24,28). The summed E-state index contributed by atoms with van der Waals surface area (Å²) in [5.74, 6) is 0.161. The first-order valence-corrected chi connectivity index (χ1v) is 9.67. The molecular weight excluding hydrogens is 386 g/mol. The Kier molecular flexibility index (Phi) is 6.90. The van der Waals surface area contributed by atoms with Gasteiger partial charge in [-0.3, -0.25) is 14.4 Å². The number of hydrogen-bond donors (Lipinski definition) is 2. The maximum atomic E-state index is 12.5. The summed E-state index contributed by atoms with van der Waals surface area (Å²) in [6.07, 6.45) is 0.139. The third-order valence-corrected chi connectivity index (χ3v) is 4.91. The summed E-state index contributed by atoms with van der Waals surface area (Å²) < 4.78 is 10.4. The number of carbonyl (C=O) groups excluding carboxylic acids is 3. The summed E-state index contributed by atoms with van der Waals surface area (Å²) in [6.45, 7) is 0.841. The Morgan fingerprint density at radius 1 is 1.03 bits per heavy atom. The van der Waals surface area contributed by atoms with Gasteiger partial charge in [0, 0.05) is 31.6 Å². The number of amides is 3. The second-order valence-electron chi connectivity index (χ2n) is 6.86. The zero-order valence-corrected chi connectivity index (χ0v) is 17.0. The van der Waals surface area contributed by atoms with Crippen LogP contribution in [-0.2, 0) is 9.59 Å². The minimum absolute atomic E-state index is 0.119. The first kappa shape index (κ1) is 21.2. The van der Waals surface area contributed by atoms with E-state index in [1.165, 1.54) is 7.11 Å². The molecule has 158 valence electrons. The zero-order chi connectivity index (χ0) is 21.5. The van der Waals surface area contributed by atoms with Crippen LogP contribution >= 0.6 is 0 Å². The molecule has 2 N–H and O–H groups in total. The van der Waals surface area contributed by atoms with Gasteiger partial charge in [-0.2, -0.15) is 0 Å². The van der Waals surface area contributed by atoms with Gasteiger partial charge in [0.2, 0.25) is 11.8 Å². The van der Waals surface area contributed by atoms with Crippen molar-refractivity contribution in [3.8, 4) is 11.5 Å². The van der Waals surface area contributed by atoms with Crippen LogP contribution in [0.25, 0.3) is 0 Å². The average Bonchev–Trinajstić information content (AvgIpc) is 3.17. The molecule has 0 aromatic heterocycles. The third-order valence-electron chi connectivity index (χ3n) is 4.91. The Hall–Kier alpha value is -3.55. The summed E-state index contributed by atoms with van der Waals surface area (Å²) in [4.78, 5) is 38.6. The van der Waals surface area contributed by atoms with Gasteiger partial charge in [-0.15, -0.1) is 0 Å².